The molecule has 0 aliphatic carbocycles. The first-order valence-corrected chi connectivity index (χ1v) is 7.19. The maximum atomic E-state index is 11.8. The van der Waals surface area contributed by atoms with Gasteiger partial charge in [0.15, 0.2) is 0 Å². The summed E-state index contributed by atoms with van der Waals surface area (Å²) >= 11 is 0. The van der Waals surface area contributed by atoms with Gasteiger partial charge in [0, 0.05) is 19.1 Å². The smallest absolute Gasteiger partial charge is 0.279 e. The Bertz CT molecular complexity index is 274. The lowest BCUT2D eigenvalue weighted by Gasteiger charge is -2.24. The Morgan fingerprint density at radius 3 is 2.06 bits per heavy atom. The Kier molecular flexibility index (Phi) is 7.14. The molecule has 98 valence electrons. The Hall–Kier alpha value is -0.170. The molecule has 0 aromatic heterocycles. The molecular formula is C10H24N2O3S. The molecule has 5 nitrogen and oxygen atoms in total. The summed E-state index contributed by atoms with van der Waals surface area (Å²) in [4.78, 5) is 0. The second kappa shape index (κ2) is 7.21. The van der Waals surface area contributed by atoms with Gasteiger partial charge in [0.25, 0.3) is 10.2 Å². The lowest BCUT2D eigenvalue weighted by atomic mass is 10.1. The number of rotatable bonds is 8. The molecule has 0 aromatic rings. The van der Waals surface area contributed by atoms with Gasteiger partial charge in [-0.25, -0.2) is 0 Å². The van der Waals surface area contributed by atoms with Crippen molar-refractivity contribution in [3.05, 3.63) is 0 Å². The van der Waals surface area contributed by atoms with Crippen LogP contribution >= 0.6 is 0 Å². The van der Waals surface area contributed by atoms with Crippen molar-refractivity contribution in [1.29, 1.82) is 0 Å². The van der Waals surface area contributed by atoms with Gasteiger partial charge in [0.05, 0.1) is 6.61 Å². The summed E-state index contributed by atoms with van der Waals surface area (Å²) in [5.41, 5.74) is 0. The number of aliphatic hydroxyl groups excluding tert-OH is 1. The molecule has 6 heteroatoms. The summed E-state index contributed by atoms with van der Waals surface area (Å²) in [6.07, 6.45) is 0.636. The Morgan fingerprint density at radius 1 is 1.25 bits per heavy atom. The molecule has 0 amide bonds. The van der Waals surface area contributed by atoms with Crippen molar-refractivity contribution in [2.45, 2.75) is 40.2 Å². The zero-order valence-electron chi connectivity index (χ0n) is 10.6. The Balaban J connectivity index is 4.53. The van der Waals surface area contributed by atoms with Crippen LogP contribution in [0, 0.1) is 5.92 Å². The van der Waals surface area contributed by atoms with Gasteiger partial charge in [0.2, 0.25) is 0 Å². The maximum absolute atomic E-state index is 11.8. The first-order chi connectivity index (χ1) is 7.37. The van der Waals surface area contributed by atoms with Crippen molar-refractivity contribution in [3.63, 3.8) is 0 Å². The highest BCUT2D eigenvalue weighted by atomic mass is 32.2. The van der Waals surface area contributed by atoms with Crippen molar-refractivity contribution in [2.75, 3.05) is 19.7 Å². The average Bonchev–Trinajstić information content (AvgIpc) is 2.16. The fourth-order valence-corrected chi connectivity index (χ4v) is 3.00. The predicted molar refractivity (Wildman–Crippen MR) is 65.3 cm³/mol. The van der Waals surface area contributed by atoms with Gasteiger partial charge >= 0.3 is 0 Å². The fraction of sp³-hybridized carbons (Fsp3) is 1.00. The van der Waals surface area contributed by atoms with Crippen LogP contribution in [-0.2, 0) is 10.2 Å². The lowest BCUT2D eigenvalue weighted by Crippen LogP contribution is -2.47. The normalized spacial score (nSPS) is 14.7. The third kappa shape index (κ3) is 5.25. The van der Waals surface area contributed by atoms with Crippen LogP contribution in [-0.4, -0.2) is 43.6 Å². The summed E-state index contributed by atoms with van der Waals surface area (Å²) in [7, 11) is -3.46. The topological polar surface area (TPSA) is 69.6 Å². The third-order valence-corrected chi connectivity index (χ3v) is 4.16. The van der Waals surface area contributed by atoms with E-state index in [9.17, 15) is 8.42 Å². The van der Waals surface area contributed by atoms with E-state index in [0.29, 0.717) is 25.4 Å². The monoisotopic (exact) mass is 252 g/mol. The zero-order valence-corrected chi connectivity index (χ0v) is 11.4. The summed E-state index contributed by atoms with van der Waals surface area (Å²) in [6, 6.07) is -0.398. The molecule has 2 N–H and O–H groups in total. The second-order valence-corrected chi connectivity index (χ2v) is 5.92. The van der Waals surface area contributed by atoms with Crippen molar-refractivity contribution in [2.24, 2.45) is 5.92 Å². The van der Waals surface area contributed by atoms with Crippen molar-refractivity contribution >= 4 is 10.2 Å². The van der Waals surface area contributed by atoms with E-state index in [-0.39, 0.29) is 6.61 Å². The van der Waals surface area contributed by atoms with Crippen molar-refractivity contribution in [1.82, 2.24) is 9.03 Å². The molecule has 1 unspecified atom stereocenters. The molecule has 0 saturated heterocycles. The van der Waals surface area contributed by atoms with E-state index in [1.807, 2.05) is 13.8 Å². The highest BCUT2D eigenvalue weighted by molar-refractivity contribution is 7.87. The maximum Gasteiger partial charge on any atom is 0.279 e. The van der Waals surface area contributed by atoms with Gasteiger partial charge in [-0.3, -0.25) is 0 Å². The molecule has 0 aliphatic rings. The minimum atomic E-state index is -3.46. The van der Waals surface area contributed by atoms with Crippen molar-refractivity contribution in [3.8, 4) is 0 Å². The van der Waals surface area contributed by atoms with Gasteiger partial charge in [-0.2, -0.15) is 17.4 Å². The van der Waals surface area contributed by atoms with Crippen LogP contribution in [0.2, 0.25) is 0 Å². The summed E-state index contributed by atoms with van der Waals surface area (Å²) in [6.45, 7) is 8.27. The standard InChI is InChI=1S/C10H24N2O3S/c1-5-12(6-2)16(14,15)11-10(8-13)7-9(3)4/h9-11,13H,5-8H2,1-4H3. The predicted octanol–water partition coefficient (Wildman–Crippen LogP) is 0.570. The summed E-state index contributed by atoms with van der Waals surface area (Å²) < 4.78 is 27.6. The number of nitrogens with zero attached hydrogens (tertiary/aromatic N) is 1. The quantitative estimate of drug-likeness (QED) is 0.663. The minimum absolute atomic E-state index is 0.168. The third-order valence-electron chi connectivity index (χ3n) is 2.34. The Labute approximate surface area is 99.0 Å². The molecule has 0 spiro atoms. The van der Waals surface area contributed by atoms with Crippen LogP contribution in [0.4, 0.5) is 0 Å². The van der Waals surface area contributed by atoms with E-state index in [4.69, 9.17) is 5.11 Å². The molecule has 0 aliphatic heterocycles. The molecule has 0 rings (SSSR count). The molecule has 16 heavy (non-hydrogen) atoms. The number of hydrogen-bond donors (Lipinski definition) is 2. The average molecular weight is 252 g/mol. The van der Waals surface area contributed by atoms with E-state index in [2.05, 4.69) is 4.72 Å². The van der Waals surface area contributed by atoms with E-state index >= 15 is 0 Å². The van der Waals surface area contributed by atoms with Gasteiger partial charge < -0.3 is 5.11 Å². The van der Waals surface area contributed by atoms with Crippen LogP contribution in [0.3, 0.4) is 0 Å². The highest BCUT2D eigenvalue weighted by Crippen LogP contribution is 2.07. The van der Waals surface area contributed by atoms with Gasteiger partial charge in [0.1, 0.15) is 0 Å². The van der Waals surface area contributed by atoms with Crippen LogP contribution in [0.1, 0.15) is 34.1 Å². The van der Waals surface area contributed by atoms with Gasteiger partial charge in [-0.15, -0.1) is 0 Å². The molecule has 0 saturated carbocycles. The van der Waals surface area contributed by atoms with E-state index < -0.39 is 16.3 Å². The van der Waals surface area contributed by atoms with Gasteiger partial charge in [-0.05, 0) is 12.3 Å². The highest BCUT2D eigenvalue weighted by Gasteiger charge is 2.22. The van der Waals surface area contributed by atoms with E-state index in [1.54, 1.807) is 13.8 Å². The Morgan fingerprint density at radius 2 is 1.75 bits per heavy atom. The van der Waals surface area contributed by atoms with Crippen LogP contribution in [0.15, 0.2) is 0 Å². The molecule has 1 atom stereocenters. The van der Waals surface area contributed by atoms with E-state index in [1.165, 1.54) is 4.31 Å². The zero-order chi connectivity index (χ0) is 12.8. The SMILES string of the molecule is CCN(CC)S(=O)(=O)NC(CO)CC(C)C. The van der Waals surface area contributed by atoms with Crippen LogP contribution in [0.5, 0.6) is 0 Å². The fourth-order valence-electron chi connectivity index (χ4n) is 1.58. The number of aliphatic hydroxyl groups is 1. The molecule has 0 heterocycles. The van der Waals surface area contributed by atoms with Crippen molar-refractivity contribution < 1.29 is 13.5 Å². The van der Waals surface area contributed by atoms with Gasteiger partial charge in [-0.1, -0.05) is 27.7 Å². The van der Waals surface area contributed by atoms with Crippen LogP contribution in [0.25, 0.3) is 0 Å². The summed E-state index contributed by atoms with van der Waals surface area (Å²) in [5, 5.41) is 9.12. The molecular weight excluding hydrogens is 228 g/mol. The first kappa shape index (κ1) is 15.8. The summed E-state index contributed by atoms with van der Waals surface area (Å²) in [5.74, 6) is 0.344. The lowest BCUT2D eigenvalue weighted by molar-refractivity contribution is 0.237. The van der Waals surface area contributed by atoms with Crippen LogP contribution < -0.4 is 4.72 Å². The molecule has 0 radical (unpaired) electrons. The number of nitrogens with one attached hydrogen (secondary N) is 1. The first-order valence-electron chi connectivity index (χ1n) is 5.75. The number of hydrogen-bond acceptors (Lipinski definition) is 3. The minimum Gasteiger partial charge on any atom is -0.395 e. The molecule has 0 bridgehead atoms. The van der Waals surface area contributed by atoms with E-state index in [0.717, 1.165) is 0 Å². The second-order valence-electron chi connectivity index (χ2n) is 4.22. The largest absolute Gasteiger partial charge is 0.395 e. The molecule has 0 fully saturated rings. The molecule has 0 aromatic carbocycles.